The summed E-state index contributed by atoms with van der Waals surface area (Å²) in [6, 6.07) is 1.54. The average Bonchev–Trinajstić information content (AvgIpc) is 2.01. The van der Waals surface area contributed by atoms with E-state index in [9.17, 15) is 8.42 Å². The van der Waals surface area contributed by atoms with Crippen molar-refractivity contribution in [2.24, 2.45) is 0 Å². The molecule has 0 N–H and O–H groups in total. The number of hydrogen-bond acceptors (Lipinski definition) is 5. The molecule has 1 heterocycles. The Morgan fingerprint density at radius 1 is 1.57 bits per heavy atom. The molecule has 0 aliphatic heterocycles. The molecule has 0 fully saturated rings. The van der Waals surface area contributed by atoms with E-state index < -0.39 is 16.2 Å². The minimum absolute atomic E-state index is 0.0615. The van der Waals surface area contributed by atoms with Crippen molar-refractivity contribution in [2.45, 2.75) is 13.0 Å². The molecule has 5 nitrogen and oxygen atoms in total. The van der Waals surface area contributed by atoms with Crippen LogP contribution >= 0.6 is 11.6 Å². The highest BCUT2D eigenvalue weighted by Gasteiger charge is 2.14. The Balaban J connectivity index is 2.85. The van der Waals surface area contributed by atoms with E-state index in [1.54, 1.807) is 13.0 Å². The maximum absolute atomic E-state index is 10.8. The van der Waals surface area contributed by atoms with Gasteiger partial charge in [-0.05, 0) is 24.6 Å². The Hall–Kier alpha value is -0.720. The van der Waals surface area contributed by atoms with Gasteiger partial charge in [-0.3, -0.25) is 4.18 Å². The third-order valence-electron chi connectivity index (χ3n) is 1.38. The van der Waals surface area contributed by atoms with E-state index in [2.05, 4.69) is 9.97 Å². The summed E-state index contributed by atoms with van der Waals surface area (Å²) in [5.74, 6) is 0. The fraction of sp³-hybridized carbons (Fsp3) is 0.429. The van der Waals surface area contributed by atoms with Crippen LogP contribution in [0.5, 0.6) is 0 Å². The van der Waals surface area contributed by atoms with Gasteiger partial charge in [-0.15, -0.1) is 0 Å². The summed E-state index contributed by atoms with van der Waals surface area (Å²) in [5.41, 5.74) is 0.426. The Labute approximate surface area is 87.2 Å². The molecule has 0 bridgehead atoms. The minimum atomic E-state index is -3.49. The minimum Gasteiger partial charge on any atom is -0.261 e. The molecule has 0 saturated carbocycles. The van der Waals surface area contributed by atoms with Crippen LogP contribution in [0.4, 0.5) is 0 Å². The molecule has 1 unspecified atom stereocenters. The second-order valence-corrected chi connectivity index (χ2v) is 4.63. The predicted molar refractivity (Wildman–Crippen MR) is 51.4 cm³/mol. The quantitative estimate of drug-likeness (QED) is 0.582. The van der Waals surface area contributed by atoms with Crippen LogP contribution in [0.1, 0.15) is 18.7 Å². The lowest BCUT2D eigenvalue weighted by Gasteiger charge is -2.09. The van der Waals surface area contributed by atoms with Crippen molar-refractivity contribution in [3.05, 3.63) is 23.2 Å². The van der Waals surface area contributed by atoms with Crippen molar-refractivity contribution in [3.8, 4) is 0 Å². The molecular weight excluding hydrogens is 228 g/mol. The molecule has 0 spiro atoms. The van der Waals surface area contributed by atoms with Crippen molar-refractivity contribution in [2.75, 3.05) is 6.26 Å². The van der Waals surface area contributed by atoms with Crippen molar-refractivity contribution < 1.29 is 12.6 Å². The van der Waals surface area contributed by atoms with Crippen LogP contribution in [0, 0.1) is 0 Å². The van der Waals surface area contributed by atoms with Gasteiger partial charge in [0.15, 0.2) is 0 Å². The van der Waals surface area contributed by atoms with Crippen LogP contribution < -0.4 is 0 Å². The lowest BCUT2D eigenvalue weighted by Crippen LogP contribution is -2.09. The van der Waals surface area contributed by atoms with Gasteiger partial charge < -0.3 is 0 Å². The first-order valence-electron chi connectivity index (χ1n) is 3.75. The van der Waals surface area contributed by atoms with Gasteiger partial charge in [0, 0.05) is 6.20 Å². The summed E-state index contributed by atoms with van der Waals surface area (Å²) < 4.78 is 26.3. The molecule has 78 valence electrons. The monoisotopic (exact) mass is 236 g/mol. The van der Waals surface area contributed by atoms with Gasteiger partial charge in [-0.25, -0.2) is 9.97 Å². The summed E-state index contributed by atoms with van der Waals surface area (Å²) >= 11 is 5.53. The maximum Gasteiger partial charge on any atom is 0.265 e. The van der Waals surface area contributed by atoms with Crippen LogP contribution in [-0.4, -0.2) is 24.6 Å². The lowest BCUT2D eigenvalue weighted by atomic mass is 10.3. The SMILES string of the molecule is CC(OS(C)(=O)=O)c1ccnc(Cl)n1. The molecule has 0 aliphatic carbocycles. The topological polar surface area (TPSA) is 69.2 Å². The van der Waals surface area contributed by atoms with Gasteiger partial charge in [-0.2, -0.15) is 8.42 Å². The van der Waals surface area contributed by atoms with E-state index in [1.807, 2.05) is 0 Å². The van der Waals surface area contributed by atoms with E-state index in [1.165, 1.54) is 6.20 Å². The van der Waals surface area contributed by atoms with Crippen LogP contribution in [0.25, 0.3) is 0 Å². The molecule has 7 heteroatoms. The van der Waals surface area contributed by atoms with E-state index >= 15 is 0 Å². The molecule has 14 heavy (non-hydrogen) atoms. The number of nitrogens with zero attached hydrogens (tertiary/aromatic N) is 2. The Morgan fingerprint density at radius 3 is 2.71 bits per heavy atom. The van der Waals surface area contributed by atoms with Crippen LogP contribution in [0.2, 0.25) is 5.28 Å². The van der Waals surface area contributed by atoms with Gasteiger partial charge in [0.25, 0.3) is 10.1 Å². The molecule has 1 aromatic heterocycles. The summed E-state index contributed by atoms with van der Waals surface area (Å²) in [4.78, 5) is 7.49. The molecule has 1 aromatic rings. The third-order valence-corrected chi connectivity index (χ3v) is 2.20. The Bertz CT molecular complexity index is 421. The fourth-order valence-electron chi connectivity index (χ4n) is 0.886. The first-order valence-corrected chi connectivity index (χ1v) is 5.94. The van der Waals surface area contributed by atoms with Gasteiger partial charge >= 0.3 is 0 Å². The highest BCUT2D eigenvalue weighted by atomic mass is 35.5. The van der Waals surface area contributed by atoms with Gasteiger partial charge in [0.2, 0.25) is 5.28 Å². The summed E-state index contributed by atoms with van der Waals surface area (Å²) in [5, 5.41) is 0.0615. The summed E-state index contributed by atoms with van der Waals surface area (Å²) in [6.07, 6.45) is 1.75. The number of aromatic nitrogens is 2. The molecule has 0 aromatic carbocycles. The normalized spacial score (nSPS) is 13.9. The average molecular weight is 237 g/mol. The van der Waals surface area contributed by atoms with Crippen LogP contribution in [-0.2, 0) is 14.3 Å². The third kappa shape index (κ3) is 3.57. The van der Waals surface area contributed by atoms with Gasteiger partial charge in [0.05, 0.1) is 11.9 Å². The highest BCUT2D eigenvalue weighted by molar-refractivity contribution is 7.86. The molecule has 1 rings (SSSR count). The van der Waals surface area contributed by atoms with Crippen molar-refractivity contribution in [1.29, 1.82) is 0 Å². The first kappa shape index (κ1) is 11.4. The number of hydrogen-bond donors (Lipinski definition) is 0. The molecule has 0 radical (unpaired) electrons. The second kappa shape index (κ2) is 4.20. The fourth-order valence-corrected chi connectivity index (χ4v) is 1.66. The zero-order valence-electron chi connectivity index (χ0n) is 7.64. The maximum atomic E-state index is 10.8. The molecule has 0 amide bonds. The zero-order valence-corrected chi connectivity index (χ0v) is 9.21. The molecule has 1 atom stereocenters. The largest absolute Gasteiger partial charge is 0.265 e. The second-order valence-electron chi connectivity index (χ2n) is 2.69. The van der Waals surface area contributed by atoms with E-state index in [0.29, 0.717) is 5.69 Å². The number of halogens is 1. The van der Waals surface area contributed by atoms with E-state index in [4.69, 9.17) is 15.8 Å². The summed E-state index contributed by atoms with van der Waals surface area (Å²) in [6.45, 7) is 1.57. The van der Waals surface area contributed by atoms with Crippen molar-refractivity contribution in [3.63, 3.8) is 0 Å². The first-order chi connectivity index (χ1) is 6.38. The Kier molecular flexibility index (Phi) is 3.41. The standard InChI is InChI=1S/C7H9ClN2O3S/c1-5(13-14(2,11)12)6-3-4-9-7(8)10-6/h3-5H,1-2H3. The van der Waals surface area contributed by atoms with Crippen molar-refractivity contribution >= 4 is 21.7 Å². The van der Waals surface area contributed by atoms with E-state index in [-0.39, 0.29) is 5.28 Å². The molecular formula is C7H9ClN2O3S. The molecule has 0 aliphatic rings. The van der Waals surface area contributed by atoms with E-state index in [0.717, 1.165) is 6.26 Å². The zero-order chi connectivity index (χ0) is 10.8. The summed E-state index contributed by atoms with van der Waals surface area (Å²) in [7, 11) is -3.49. The van der Waals surface area contributed by atoms with Gasteiger partial charge in [0.1, 0.15) is 6.10 Å². The Morgan fingerprint density at radius 2 is 2.21 bits per heavy atom. The van der Waals surface area contributed by atoms with Crippen LogP contribution in [0.3, 0.4) is 0 Å². The van der Waals surface area contributed by atoms with Gasteiger partial charge in [-0.1, -0.05) is 0 Å². The predicted octanol–water partition coefficient (Wildman–Crippen LogP) is 1.17. The van der Waals surface area contributed by atoms with Crippen molar-refractivity contribution in [1.82, 2.24) is 9.97 Å². The smallest absolute Gasteiger partial charge is 0.261 e. The highest BCUT2D eigenvalue weighted by Crippen LogP contribution is 2.16. The molecule has 0 saturated heterocycles. The lowest BCUT2D eigenvalue weighted by molar-refractivity contribution is 0.231. The van der Waals surface area contributed by atoms with Crippen LogP contribution in [0.15, 0.2) is 12.3 Å². The number of rotatable bonds is 3.